The van der Waals surface area contributed by atoms with Gasteiger partial charge in [-0.15, -0.1) is 0 Å². The highest BCUT2D eigenvalue weighted by Gasteiger charge is 2.17. The molecule has 4 nitrogen and oxygen atoms in total. The van der Waals surface area contributed by atoms with E-state index in [1.54, 1.807) is 10.6 Å². The fourth-order valence-electron chi connectivity index (χ4n) is 3.60. The fourth-order valence-corrected chi connectivity index (χ4v) is 4.16. The average molecular weight is 439 g/mol. The lowest BCUT2D eigenvalue weighted by Crippen LogP contribution is -2.40. The molecule has 0 aliphatic heterocycles. The van der Waals surface area contributed by atoms with Crippen molar-refractivity contribution < 1.29 is 0 Å². The van der Waals surface area contributed by atoms with Gasteiger partial charge in [0.25, 0.3) is 5.56 Å². The van der Waals surface area contributed by atoms with Gasteiger partial charge in [0.05, 0.1) is 29.0 Å². The van der Waals surface area contributed by atoms with E-state index in [0.29, 0.717) is 22.5 Å². The first-order chi connectivity index (χ1) is 14.3. The first-order valence-electron chi connectivity index (χ1n) is 9.57. The Morgan fingerprint density at radius 3 is 2.17 bits per heavy atom. The van der Waals surface area contributed by atoms with Crippen LogP contribution in [-0.4, -0.2) is 9.13 Å². The Balaban J connectivity index is 1.97. The summed E-state index contributed by atoms with van der Waals surface area (Å²) in [6.07, 6.45) is 0. The number of benzene rings is 3. The second-order valence-corrected chi connectivity index (χ2v) is 8.29. The fraction of sp³-hybridized carbons (Fsp3) is 0.167. The van der Waals surface area contributed by atoms with E-state index in [0.717, 1.165) is 22.3 Å². The quantitative estimate of drug-likeness (QED) is 0.440. The summed E-state index contributed by atoms with van der Waals surface area (Å²) in [5.74, 6) is 0. The largest absolute Gasteiger partial charge is 0.332 e. The number of rotatable bonds is 4. The van der Waals surface area contributed by atoms with Gasteiger partial charge in [0.1, 0.15) is 0 Å². The molecule has 0 saturated carbocycles. The summed E-state index contributed by atoms with van der Waals surface area (Å²) in [6, 6.07) is 18.7. The average Bonchev–Trinajstić information content (AvgIpc) is 2.71. The smallest absolute Gasteiger partial charge is 0.289 e. The second kappa shape index (κ2) is 8.13. The highest BCUT2D eigenvalue weighted by atomic mass is 35.5. The zero-order valence-corrected chi connectivity index (χ0v) is 18.2. The predicted octanol–water partition coefficient (Wildman–Crippen LogP) is 5.18. The Morgan fingerprint density at radius 2 is 1.47 bits per heavy atom. The van der Waals surface area contributed by atoms with E-state index in [2.05, 4.69) is 0 Å². The summed E-state index contributed by atoms with van der Waals surface area (Å²) < 4.78 is 2.81. The lowest BCUT2D eigenvalue weighted by Gasteiger charge is -2.16. The van der Waals surface area contributed by atoms with E-state index in [9.17, 15) is 9.59 Å². The van der Waals surface area contributed by atoms with Gasteiger partial charge in [0.2, 0.25) is 0 Å². The van der Waals surface area contributed by atoms with Gasteiger partial charge in [-0.1, -0.05) is 71.7 Å². The van der Waals surface area contributed by atoms with Crippen molar-refractivity contribution in [3.63, 3.8) is 0 Å². The van der Waals surface area contributed by atoms with Crippen molar-refractivity contribution in [2.75, 3.05) is 0 Å². The van der Waals surface area contributed by atoms with E-state index in [1.165, 1.54) is 10.6 Å². The lowest BCUT2D eigenvalue weighted by atomic mass is 10.1. The Morgan fingerprint density at radius 1 is 0.767 bits per heavy atom. The zero-order valence-electron chi connectivity index (χ0n) is 16.7. The molecule has 0 atom stereocenters. The van der Waals surface area contributed by atoms with Crippen LogP contribution in [-0.2, 0) is 13.1 Å². The molecular weight excluding hydrogens is 419 g/mol. The number of hydrogen-bond acceptors (Lipinski definition) is 2. The minimum Gasteiger partial charge on any atom is -0.289 e. The lowest BCUT2D eigenvalue weighted by molar-refractivity contribution is 0.635. The van der Waals surface area contributed by atoms with Crippen LogP contribution < -0.4 is 11.2 Å². The Kier molecular flexibility index (Phi) is 5.54. The van der Waals surface area contributed by atoms with Crippen molar-refractivity contribution in [1.29, 1.82) is 0 Å². The number of aromatic nitrogens is 2. The molecule has 6 heteroatoms. The summed E-state index contributed by atoms with van der Waals surface area (Å²) in [6.45, 7) is 4.51. The molecule has 1 aromatic heterocycles. The van der Waals surface area contributed by atoms with Crippen LogP contribution >= 0.6 is 23.2 Å². The van der Waals surface area contributed by atoms with Gasteiger partial charge >= 0.3 is 5.69 Å². The van der Waals surface area contributed by atoms with Gasteiger partial charge < -0.3 is 0 Å². The van der Waals surface area contributed by atoms with Crippen LogP contribution in [0.3, 0.4) is 0 Å². The molecule has 0 N–H and O–H groups in total. The molecular formula is C24H20Cl2N2O2. The van der Waals surface area contributed by atoms with Gasteiger partial charge in [0, 0.05) is 5.02 Å². The van der Waals surface area contributed by atoms with E-state index in [-0.39, 0.29) is 11.6 Å². The van der Waals surface area contributed by atoms with Crippen molar-refractivity contribution in [2.24, 2.45) is 0 Å². The molecule has 30 heavy (non-hydrogen) atoms. The van der Waals surface area contributed by atoms with Crippen LogP contribution in [0.2, 0.25) is 10.0 Å². The third kappa shape index (κ3) is 3.81. The maximum atomic E-state index is 13.4. The molecule has 0 radical (unpaired) electrons. The third-order valence-electron chi connectivity index (χ3n) is 5.34. The maximum absolute atomic E-state index is 13.4. The van der Waals surface area contributed by atoms with Crippen LogP contribution in [0.5, 0.6) is 0 Å². The summed E-state index contributed by atoms with van der Waals surface area (Å²) in [5, 5.41) is 0.901. The summed E-state index contributed by atoms with van der Waals surface area (Å²) in [7, 11) is 0. The molecule has 4 aromatic rings. The van der Waals surface area contributed by atoms with Crippen molar-refractivity contribution in [3.8, 4) is 0 Å². The van der Waals surface area contributed by atoms with Gasteiger partial charge in [-0.05, 0) is 48.2 Å². The summed E-state index contributed by atoms with van der Waals surface area (Å²) in [4.78, 5) is 26.7. The topological polar surface area (TPSA) is 44.0 Å². The van der Waals surface area contributed by atoms with Gasteiger partial charge in [-0.25, -0.2) is 4.79 Å². The van der Waals surface area contributed by atoms with Crippen LogP contribution in [0.1, 0.15) is 22.3 Å². The third-order valence-corrected chi connectivity index (χ3v) is 5.86. The summed E-state index contributed by atoms with van der Waals surface area (Å²) >= 11 is 12.6. The molecule has 0 fully saturated rings. The van der Waals surface area contributed by atoms with Crippen molar-refractivity contribution in [1.82, 2.24) is 9.13 Å². The number of hydrogen-bond donors (Lipinski definition) is 0. The monoisotopic (exact) mass is 438 g/mol. The molecule has 0 unspecified atom stereocenters. The Hall–Kier alpha value is -2.82. The van der Waals surface area contributed by atoms with E-state index < -0.39 is 11.2 Å². The highest BCUT2D eigenvalue weighted by molar-refractivity contribution is 6.38. The molecule has 3 aromatic carbocycles. The number of aryl methyl sites for hydroxylation is 2. The molecule has 0 saturated heterocycles. The minimum atomic E-state index is -0.417. The van der Waals surface area contributed by atoms with Gasteiger partial charge in [0.15, 0.2) is 0 Å². The van der Waals surface area contributed by atoms with Crippen LogP contribution in [0, 0.1) is 13.8 Å². The Labute approximate surface area is 183 Å². The van der Waals surface area contributed by atoms with Crippen LogP contribution in [0.25, 0.3) is 10.9 Å². The molecule has 0 amide bonds. The van der Waals surface area contributed by atoms with Gasteiger partial charge in [-0.2, -0.15) is 0 Å². The standard InChI is InChI=1S/C24H20Cl2N2O2/c1-15-8-9-18(10-16(15)2)14-28-23(29)22-20(26)11-19(25)12-21(22)27(24(28)30)13-17-6-4-3-5-7-17/h3-12H,13-14H2,1-2H3. The molecule has 0 bridgehead atoms. The summed E-state index contributed by atoms with van der Waals surface area (Å²) in [5.41, 5.74) is 3.70. The Bertz CT molecular complexity index is 1370. The van der Waals surface area contributed by atoms with E-state index in [1.807, 2.05) is 62.4 Å². The normalized spacial score (nSPS) is 11.2. The number of fused-ring (bicyclic) bond motifs is 1. The first kappa shape index (κ1) is 20.5. The number of halogens is 2. The van der Waals surface area contributed by atoms with Crippen molar-refractivity contribution >= 4 is 34.1 Å². The van der Waals surface area contributed by atoms with Crippen molar-refractivity contribution in [2.45, 2.75) is 26.9 Å². The van der Waals surface area contributed by atoms with Crippen LogP contribution in [0.4, 0.5) is 0 Å². The van der Waals surface area contributed by atoms with Crippen molar-refractivity contribution in [3.05, 3.63) is 114 Å². The molecule has 0 aliphatic carbocycles. The molecule has 1 heterocycles. The molecule has 0 spiro atoms. The van der Waals surface area contributed by atoms with E-state index in [4.69, 9.17) is 23.2 Å². The second-order valence-electron chi connectivity index (χ2n) is 7.45. The molecule has 0 aliphatic rings. The van der Waals surface area contributed by atoms with E-state index >= 15 is 0 Å². The molecule has 152 valence electrons. The first-order valence-corrected chi connectivity index (χ1v) is 10.3. The van der Waals surface area contributed by atoms with Gasteiger partial charge in [-0.3, -0.25) is 13.9 Å². The highest BCUT2D eigenvalue weighted by Crippen LogP contribution is 2.25. The predicted molar refractivity (Wildman–Crippen MR) is 123 cm³/mol. The SMILES string of the molecule is Cc1ccc(Cn2c(=O)c3c(Cl)cc(Cl)cc3n(Cc3ccccc3)c2=O)cc1C. The zero-order chi connectivity index (χ0) is 21.4. The maximum Gasteiger partial charge on any atom is 0.332 e. The minimum absolute atomic E-state index is 0.169. The van der Waals surface area contributed by atoms with Crippen LogP contribution in [0.15, 0.2) is 70.3 Å². The molecule has 4 rings (SSSR count). The number of nitrogens with zero attached hydrogens (tertiary/aromatic N) is 2.